The highest BCUT2D eigenvalue weighted by atomic mass is 35.5. The van der Waals surface area contributed by atoms with Gasteiger partial charge in [0.15, 0.2) is 11.6 Å². The highest BCUT2D eigenvalue weighted by molar-refractivity contribution is 6.39. The lowest BCUT2D eigenvalue weighted by molar-refractivity contribution is -0.297. The van der Waals surface area contributed by atoms with Crippen LogP contribution in [0.25, 0.3) is 22.5 Å². The number of aliphatic hydroxyl groups excluding tert-OH is 1. The molecule has 316 valence electrons. The minimum Gasteiger partial charge on any atom is -0.393 e. The summed E-state index contributed by atoms with van der Waals surface area (Å²) in [5, 5.41) is 19.9. The molecule has 4 spiro atoms. The summed E-state index contributed by atoms with van der Waals surface area (Å²) in [5.41, 5.74) is 5.46. The smallest absolute Gasteiger partial charge is 0.169 e. The fraction of sp³-hybridized carbons (Fsp3) is 0.591. The molecule has 59 heavy (non-hydrogen) atoms. The van der Waals surface area contributed by atoms with E-state index < -0.39 is 0 Å². The lowest BCUT2D eigenvalue weighted by Gasteiger charge is -2.60. The van der Waals surface area contributed by atoms with E-state index in [4.69, 9.17) is 90.7 Å². The Kier molecular flexibility index (Phi) is 11.2. The van der Waals surface area contributed by atoms with Gasteiger partial charge in [-0.05, 0) is 86.5 Å². The van der Waals surface area contributed by atoms with E-state index in [9.17, 15) is 5.11 Å². The zero-order chi connectivity index (χ0) is 40.6. The number of hydrogen-bond acceptors (Lipinski definition) is 10. The Bertz CT molecular complexity index is 2120. The second kappa shape index (κ2) is 16.0. The maximum Gasteiger partial charge on any atom is 0.169 e. The Hall–Kier alpha value is -1.93. The quantitative estimate of drug-likeness (QED) is 0.171. The van der Waals surface area contributed by atoms with Crippen LogP contribution in [0.5, 0.6) is 0 Å². The van der Waals surface area contributed by atoms with Crippen LogP contribution in [0.2, 0.25) is 20.1 Å². The summed E-state index contributed by atoms with van der Waals surface area (Å²) in [5.74, 6) is 2.56. The predicted octanol–water partition coefficient (Wildman–Crippen LogP) is 11.7. The van der Waals surface area contributed by atoms with Crippen molar-refractivity contribution in [1.29, 1.82) is 0 Å². The molecule has 6 aliphatic carbocycles. The number of aromatic nitrogens is 2. The SMILES string of the molecule is ClCc1c(-c2c(Cl)cccc2Cl)noc1C1CC1.Clc1cccc(Cl)c1-c1noc(C2CC2)c1COC1CC2(C1)CC1(C2)OCCO1.OC1CC2(C1)CC1(C2)OCCO1. The van der Waals surface area contributed by atoms with Crippen LogP contribution in [0.15, 0.2) is 45.4 Å². The highest BCUT2D eigenvalue weighted by Gasteiger charge is 2.64. The average molecular weight is 909 g/mol. The Balaban J connectivity index is 0.000000119. The molecule has 8 fully saturated rings. The summed E-state index contributed by atoms with van der Waals surface area (Å²) in [4.78, 5) is 0. The Morgan fingerprint density at radius 2 is 1.02 bits per heavy atom. The van der Waals surface area contributed by atoms with Crippen molar-refractivity contribution >= 4 is 58.0 Å². The minimum atomic E-state index is -0.285. The van der Waals surface area contributed by atoms with E-state index in [0.29, 0.717) is 72.2 Å². The second-order valence-corrected chi connectivity index (χ2v) is 19.8. The average Bonchev–Trinajstić information content (AvgIpc) is 3.96. The van der Waals surface area contributed by atoms with Crippen LogP contribution in [0.3, 0.4) is 0 Å². The first-order valence-electron chi connectivity index (χ1n) is 20.8. The molecule has 10 nitrogen and oxygen atoms in total. The molecule has 0 bridgehead atoms. The number of halogens is 5. The van der Waals surface area contributed by atoms with Crippen molar-refractivity contribution in [3.63, 3.8) is 0 Å². The van der Waals surface area contributed by atoms with Gasteiger partial charge in [0, 0.05) is 59.8 Å². The van der Waals surface area contributed by atoms with Gasteiger partial charge in [-0.15, -0.1) is 11.6 Å². The zero-order valence-corrected chi connectivity index (χ0v) is 36.4. The maximum absolute atomic E-state index is 9.20. The van der Waals surface area contributed by atoms with Gasteiger partial charge in [0.05, 0.1) is 71.2 Å². The summed E-state index contributed by atoms with van der Waals surface area (Å²) in [7, 11) is 0. The van der Waals surface area contributed by atoms with Crippen molar-refractivity contribution in [2.45, 2.75) is 125 Å². The van der Waals surface area contributed by atoms with Crippen molar-refractivity contribution in [3.8, 4) is 22.5 Å². The highest BCUT2D eigenvalue weighted by Crippen LogP contribution is 2.64. The molecule has 2 saturated heterocycles. The van der Waals surface area contributed by atoms with Gasteiger partial charge < -0.3 is 37.8 Å². The molecule has 2 aromatic heterocycles. The van der Waals surface area contributed by atoms with Crippen LogP contribution in [0, 0.1) is 10.8 Å². The Labute approximate surface area is 368 Å². The third-order valence-corrected chi connectivity index (χ3v) is 14.9. The predicted molar refractivity (Wildman–Crippen MR) is 223 cm³/mol. The third-order valence-electron chi connectivity index (χ3n) is 13.4. The largest absolute Gasteiger partial charge is 0.393 e. The Morgan fingerprint density at radius 3 is 1.42 bits per heavy atom. The van der Waals surface area contributed by atoms with E-state index in [-0.39, 0.29) is 23.8 Å². The van der Waals surface area contributed by atoms with Gasteiger partial charge in [0.2, 0.25) is 0 Å². The minimum absolute atomic E-state index is 0.0521. The molecule has 0 unspecified atom stereocenters. The van der Waals surface area contributed by atoms with Crippen molar-refractivity contribution < 1.29 is 37.8 Å². The number of aliphatic hydroxyl groups is 1. The summed E-state index contributed by atoms with van der Waals surface area (Å²) in [6.45, 7) is 3.42. The normalized spacial score (nSPS) is 24.2. The fourth-order valence-electron chi connectivity index (χ4n) is 10.4. The number of nitrogens with zero attached hydrogens (tertiary/aromatic N) is 2. The number of alkyl halides is 1. The first kappa shape index (κ1) is 41.1. The van der Waals surface area contributed by atoms with E-state index in [1.165, 1.54) is 0 Å². The van der Waals surface area contributed by atoms with Crippen molar-refractivity contribution in [2.24, 2.45) is 10.8 Å². The zero-order valence-electron chi connectivity index (χ0n) is 32.6. The summed E-state index contributed by atoms with van der Waals surface area (Å²) in [6, 6.07) is 10.9. The lowest BCUT2D eigenvalue weighted by Crippen LogP contribution is -2.60. The Morgan fingerprint density at radius 1 is 0.610 bits per heavy atom. The van der Waals surface area contributed by atoms with Crippen molar-refractivity contribution in [2.75, 3.05) is 26.4 Å². The molecule has 15 heteroatoms. The molecule has 2 aromatic carbocycles. The molecule has 4 aromatic rings. The standard InChI is InChI=1S/C22H23Cl2NO4.C13H10Cl3NO.C9H14O3/c23-16-2-1-3-17(24)18(16)19-15(20(29-25-19)13-4-5-13)10-26-14-8-21(9-14)11-22(12-21)27-6-7-28-22;14-6-8-12(17-18-13(8)7-4-5-7)11-9(15)2-1-3-10(11)16;10-7-3-8(4-7)5-9(6-8)11-1-2-12-9/h1-3,13-14H,4-12H2;1-3,7H,4-6H2;7,10H,1-6H2. The number of rotatable bonds is 8. The second-order valence-electron chi connectivity index (χ2n) is 17.9. The first-order valence-corrected chi connectivity index (χ1v) is 22.8. The molecular formula is C44H47Cl5N2O8. The van der Waals surface area contributed by atoms with Gasteiger partial charge in [-0.25, -0.2) is 0 Å². The number of benzene rings is 2. The van der Waals surface area contributed by atoms with E-state index in [1.807, 2.05) is 18.2 Å². The van der Waals surface area contributed by atoms with E-state index in [0.717, 1.165) is 132 Å². The van der Waals surface area contributed by atoms with E-state index in [2.05, 4.69) is 10.3 Å². The number of hydrogen-bond donors (Lipinski definition) is 1. The lowest BCUT2D eigenvalue weighted by atomic mass is 9.52. The van der Waals surface area contributed by atoms with Gasteiger partial charge >= 0.3 is 0 Å². The maximum atomic E-state index is 9.20. The monoisotopic (exact) mass is 906 g/mol. The first-order chi connectivity index (χ1) is 28.5. The van der Waals surface area contributed by atoms with Crippen LogP contribution in [0.1, 0.15) is 112 Å². The van der Waals surface area contributed by atoms with Crippen molar-refractivity contribution in [1.82, 2.24) is 10.3 Å². The number of ether oxygens (including phenoxy) is 5. The van der Waals surface area contributed by atoms with Gasteiger partial charge in [-0.3, -0.25) is 0 Å². The molecule has 12 rings (SSSR count). The summed E-state index contributed by atoms with van der Waals surface area (Å²) in [6.07, 6.45) is 12.8. The molecule has 2 aliphatic heterocycles. The van der Waals surface area contributed by atoms with Crippen LogP contribution < -0.4 is 0 Å². The van der Waals surface area contributed by atoms with Crippen LogP contribution in [-0.4, -0.2) is 65.6 Å². The van der Waals surface area contributed by atoms with Gasteiger partial charge in [0.25, 0.3) is 0 Å². The molecule has 6 saturated carbocycles. The van der Waals surface area contributed by atoms with Crippen LogP contribution >= 0.6 is 58.0 Å². The van der Waals surface area contributed by atoms with Crippen LogP contribution in [0.4, 0.5) is 0 Å². The summed E-state index contributed by atoms with van der Waals surface area (Å²) < 4.78 is 40.1. The topological polar surface area (TPSA) is 118 Å². The molecular weight excluding hydrogens is 862 g/mol. The molecule has 8 aliphatic rings. The van der Waals surface area contributed by atoms with Gasteiger partial charge in [-0.1, -0.05) is 68.8 Å². The fourth-order valence-corrected chi connectivity index (χ4v) is 11.8. The van der Waals surface area contributed by atoms with Crippen LogP contribution in [-0.2, 0) is 36.2 Å². The van der Waals surface area contributed by atoms with Crippen molar-refractivity contribution in [3.05, 3.63) is 79.1 Å². The molecule has 1 N–H and O–H groups in total. The van der Waals surface area contributed by atoms with E-state index in [1.54, 1.807) is 18.2 Å². The van der Waals surface area contributed by atoms with Gasteiger partial charge in [-0.2, -0.15) is 0 Å². The molecule has 4 heterocycles. The van der Waals surface area contributed by atoms with E-state index >= 15 is 0 Å². The third kappa shape index (κ3) is 8.01. The summed E-state index contributed by atoms with van der Waals surface area (Å²) >= 11 is 31.3. The molecule has 0 radical (unpaired) electrons. The van der Waals surface area contributed by atoms with Gasteiger partial charge in [0.1, 0.15) is 22.9 Å². The molecule has 0 amide bonds. The molecule has 0 atom stereocenters.